The fourth-order valence-corrected chi connectivity index (χ4v) is 2.47. The number of hydrogen-bond donors (Lipinski definition) is 1. The maximum absolute atomic E-state index is 10.9. The van der Waals surface area contributed by atoms with Crippen LogP contribution >= 0.6 is 0 Å². The molecule has 3 rings (SSSR count). The fraction of sp³-hybridized carbons (Fsp3) is 0.222. The zero-order valence-corrected chi connectivity index (χ0v) is 12.1. The summed E-state index contributed by atoms with van der Waals surface area (Å²) in [4.78, 5) is 15.2. The van der Waals surface area contributed by atoms with Crippen LogP contribution in [0.1, 0.15) is 24.0 Å². The van der Waals surface area contributed by atoms with Crippen LogP contribution in [0.5, 0.6) is 5.75 Å². The van der Waals surface area contributed by atoms with Crippen LogP contribution in [0.4, 0.5) is 0 Å². The van der Waals surface area contributed by atoms with Crippen molar-refractivity contribution in [2.24, 2.45) is 4.99 Å². The Labute approximate surface area is 129 Å². The van der Waals surface area contributed by atoms with Crippen LogP contribution in [-0.2, 0) is 11.4 Å². The van der Waals surface area contributed by atoms with Gasteiger partial charge in [-0.25, -0.2) is 4.79 Å². The first-order chi connectivity index (χ1) is 10.7. The first-order valence-corrected chi connectivity index (χ1v) is 7.29. The number of hydrogen-bond acceptors (Lipinski definition) is 3. The molecule has 0 unspecified atom stereocenters. The van der Waals surface area contributed by atoms with Crippen molar-refractivity contribution in [3.8, 4) is 5.75 Å². The molecule has 1 aliphatic heterocycles. The number of nitrogens with zero attached hydrogens (tertiary/aromatic N) is 1. The number of carboxylic acids is 1. The van der Waals surface area contributed by atoms with Gasteiger partial charge in [-0.3, -0.25) is 4.99 Å². The maximum Gasteiger partial charge on any atom is 0.328 e. The normalized spacial score (nSPS) is 17.1. The van der Waals surface area contributed by atoms with Gasteiger partial charge in [-0.2, -0.15) is 0 Å². The average Bonchev–Trinajstić information content (AvgIpc) is 3.05. The fourth-order valence-electron chi connectivity index (χ4n) is 2.47. The summed E-state index contributed by atoms with van der Waals surface area (Å²) >= 11 is 0. The molecular formula is C18H17NO3. The van der Waals surface area contributed by atoms with Crippen molar-refractivity contribution in [2.45, 2.75) is 25.5 Å². The van der Waals surface area contributed by atoms with Crippen molar-refractivity contribution in [3.63, 3.8) is 0 Å². The van der Waals surface area contributed by atoms with Crippen LogP contribution in [0.3, 0.4) is 0 Å². The number of benzene rings is 2. The molecule has 0 aliphatic carbocycles. The van der Waals surface area contributed by atoms with Crippen molar-refractivity contribution in [1.82, 2.24) is 0 Å². The summed E-state index contributed by atoms with van der Waals surface area (Å²) in [5.74, 6) is -0.0567. The molecule has 0 saturated carbocycles. The molecule has 0 spiro atoms. The Kier molecular flexibility index (Phi) is 4.19. The SMILES string of the molecule is O=C(O)[C@@H]1CCC(c2ccc(OCc3ccccc3)cc2)=N1. The van der Waals surface area contributed by atoms with Gasteiger partial charge in [0.25, 0.3) is 0 Å². The van der Waals surface area contributed by atoms with Gasteiger partial charge in [-0.05, 0) is 48.2 Å². The largest absolute Gasteiger partial charge is 0.489 e. The highest BCUT2D eigenvalue weighted by molar-refractivity contribution is 6.03. The van der Waals surface area contributed by atoms with E-state index in [1.165, 1.54) is 0 Å². The van der Waals surface area contributed by atoms with Crippen molar-refractivity contribution in [1.29, 1.82) is 0 Å². The van der Waals surface area contributed by atoms with E-state index in [0.717, 1.165) is 22.6 Å². The number of carbonyl (C=O) groups is 1. The van der Waals surface area contributed by atoms with Crippen LogP contribution in [-0.4, -0.2) is 22.8 Å². The quantitative estimate of drug-likeness (QED) is 0.920. The highest BCUT2D eigenvalue weighted by Crippen LogP contribution is 2.21. The van der Waals surface area contributed by atoms with E-state index in [1.54, 1.807) is 0 Å². The third-order valence-corrected chi connectivity index (χ3v) is 3.69. The van der Waals surface area contributed by atoms with Gasteiger partial charge in [0.15, 0.2) is 0 Å². The van der Waals surface area contributed by atoms with Gasteiger partial charge in [0.1, 0.15) is 18.4 Å². The zero-order valence-electron chi connectivity index (χ0n) is 12.1. The summed E-state index contributed by atoms with van der Waals surface area (Å²) in [5, 5.41) is 8.97. The van der Waals surface area contributed by atoms with Crippen molar-refractivity contribution in [2.75, 3.05) is 0 Å². The third kappa shape index (κ3) is 3.34. The number of aliphatic carboxylic acids is 1. The summed E-state index contributed by atoms with van der Waals surface area (Å²) in [6.45, 7) is 0.530. The minimum atomic E-state index is -0.849. The van der Waals surface area contributed by atoms with E-state index >= 15 is 0 Å². The minimum Gasteiger partial charge on any atom is -0.489 e. The Morgan fingerprint density at radius 2 is 1.86 bits per heavy atom. The molecule has 0 amide bonds. The number of rotatable bonds is 5. The molecule has 4 heteroatoms. The second-order valence-corrected chi connectivity index (χ2v) is 5.27. The van der Waals surface area contributed by atoms with E-state index < -0.39 is 12.0 Å². The molecule has 22 heavy (non-hydrogen) atoms. The molecule has 112 valence electrons. The molecular weight excluding hydrogens is 278 g/mol. The van der Waals surface area contributed by atoms with Gasteiger partial charge in [-0.1, -0.05) is 30.3 Å². The molecule has 0 fully saturated rings. The van der Waals surface area contributed by atoms with Gasteiger partial charge in [0, 0.05) is 5.71 Å². The van der Waals surface area contributed by atoms with Crippen LogP contribution < -0.4 is 4.74 Å². The Morgan fingerprint density at radius 1 is 1.14 bits per heavy atom. The molecule has 1 atom stereocenters. The van der Waals surface area contributed by atoms with E-state index in [0.29, 0.717) is 19.4 Å². The minimum absolute atomic E-state index is 0.530. The van der Waals surface area contributed by atoms with E-state index in [1.807, 2.05) is 54.6 Å². The molecule has 1 heterocycles. The van der Waals surface area contributed by atoms with Gasteiger partial charge in [0.2, 0.25) is 0 Å². The number of ether oxygens (including phenoxy) is 1. The Bertz CT molecular complexity index is 677. The second-order valence-electron chi connectivity index (χ2n) is 5.27. The second kappa shape index (κ2) is 6.43. The van der Waals surface area contributed by atoms with Gasteiger partial charge in [-0.15, -0.1) is 0 Å². The average molecular weight is 295 g/mol. The lowest BCUT2D eigenvalue weighted by Gasteiger charge is -2.07. The van der Waals surface area contributed by atoms with Crippen LogP contribution in [0.25, 0.3) is 0 Å². The highest BCUT2D eigenvalue weighted by atomic mass is 16.5. The lowest BCUT2D eigenvalue weighted by molar-refractivity contribution is -0.138. The topological polar surface area (TPSA) is 58.9 Å². The molecule has 0 saturated heterocycles. The Balaban J connectivity index is 1.63. The van der Waals surface area contributed by atoms with E-state index in [4.69, 9.17) is 9.84 Å². The predicted molar refractivity (Wildman–Crippen MR) is 84.4 cm³/mol. The molecule has 1 N–H and O–H groups in total. The first kappa shape index (κ1) is 14.3. The van der Waals surface area contributed by atoms with Gasteiger partial charge in [0.05, 0.1) is 0 Å². The van der Waals surface area contributed by atoms with Crippen molar-refractivity contribution < 1.29 is 14.6 Å². The molecule has 2 aromatic rings. The molecule has 0 radical (unpaired) electrons. The lowest BCUT2D eigenvalue weighted by atomic mass is 10.1. The van der Waals surface area contributed by atoms with E-state index in [2.05, 4.69) is 4.99 Å². The first-order valence-electron chi connectivity index (χ1n) is 7.29. The van der Waals surface area contributed by atoms with Crippen LogP contribution in [0, 0.1) is 0 Å². The number of aliphatic imine (C=N–C) groups is 1. The monoisotopic (exact) mass is 295 g/mol. The standard InChI is InChI=1S/C18H17NO3/c20-18(21)17-11-10-16(19-17)14-6-8-15(9-7-14)22-12-13-4-2-1-3-5-13/h1-9,17H,10-12H2,(H,20,21)/t17-/m0/s1. The molecule has 1 aliphatic rings. The molecule has 4 nitrogen and oxygen atoms in total. The third-order valence-electron chi connectivity index (χ3n) is 3.69. The summed E-state index contributed by atoms with van der Waals surface area (Å²) in [5.41, 5.74) is 2.95. The Morgan fingerprint density at radius 3 is 2.50 bits per heavy atom. The predicted octanol–water partition coefficient (Wildman–Crippen LogP) is 3.30. The number of carboxylic acid groups (broad SMARTS) is 1. The smallest absolute Gasteiger partial charge is 0.328 e. The summed E-state index contributed by atoms with van der Waals surface area (Å²) < 4.78 is 5.74. The maximum atomic E-state index is 10.9. The Hall–Kier alpha value is -2.62. The molecule has 0 aromatic heterocycles. The zero-order chi connectivity index (χ0) is 15.4. The summed E-state index contributed by atoms with van der Waals surface area (Å²) in [6.07, 6.45) is 1.29. The lowest BCUT2D eigenvalue weighted by Crippen LogP contribution is -2.13. The van der Waals surface area contributed by atoms with Crippen molar-refractivity contribution in [3.05, 3.63) is 65.7 Å². The summed E-state index contributed by atoms with van der Waals surface area (Å²) in [6, 6.07) is 17.1. The van der Waals surface area contributed by atoms with E-state index in [9.17, 15) is 4.79 Å². The van der Waals surface area contributed by atoms with Crippen LogP contribution in [0.15, 0.2) is 59.6 Å². The van der Waals surface area contributed by atoms with E-state index in [-0.39, 0.29) is 0 Å². The van der Waals surface area contributed by atoms with Gasteiger partial charge >= 0.3 is 5.97 Å². The van der Waals surface area contributed by atoms with Crippen molar-refractivity contribution >= 4 is 11.7 Å². The summed E-state index contributed by atoms with van der Waals surface area (Å²) in [7, 11) is 0. The molecule has 0 bridgehead atoms. The van der Waals surface area contributed by atoms with Crippen LogP contribution in [0.2, 0.25) is 0 Å². The van der Waals surface area contributed by atoms with Gasteiger partial charge < -0.3 is 9.84 Å². The molecule has 2 aromatic carbocycles. The highest BCUT2D eigenvalue weighted by Gasteiger charge is 2.24.